The first kappa shape index (κ1) is 9.37. The van der Waals surface area contributed by atoms with E-state index in [9.17, 15) is 8.60 Å². The van der Waals surface area contributed by atoms with Crippen molar-refractivity contribution in [1.82, 2.24) is 0 Å². The zero-order valence-electron chi connectivity index (χ0n) is 6.03. The molecule has 64 valence electrons. The second kappa shape index (κ2) is 3.80. The fourth-order valence-electron chi connectivity index (χ4n) is 0.878. The van der Waals surface area contributed by atoms with Crippen molar-refractivity contribution in [2.24, 2.45) is 0 Å². The number of hydrogen-bond donors (Lipinski definition) is 2. The molecule has 0 unspecified atom stereocenters. The molecule has 0 heterocycles. The van der Waals surface area contributed by atoms with Crippen molar-refractivity contribution < 1.29 is 18.6 Å². The van der Waals surface area contributed by atoms with Gasteiger partial charge in [-0.1, -0.05) is 6.08 Å². The van der Waals surface area contributed by atoms with E-state index in [0.717, 1.165) is 6.08 Å². The third kappa shape index (κ3) is 1.91. The Morgan fingerprint density at radius 3 is 2.67 bits per heavy atom. The van der Waals surface area contributed by atoms with Gasteiger partial charge in [-0.25, -0.2) is 8.60 Å². The minimum absolute atomic E-state index is 0.173. The lowest BCUT2D eigenvalue weighted by molar-refractivity contribution is 0.416. The first-order chi connectivity index (χ1) is 5.65. The molecule has 0 saturated heterocycles. The van der Waals surface area contributed by atoms with E-state index in [1.165, 1.54) is 6.08 Å². The van der Waals surface area contributed by atoms with Crippen molar-refractivity contribution in [3.8, 4) is 0 Å². The molecule has 6 heteroatoms. The highest BCUT2D eigenvalue weighted by Crippen LogP contribution is 2.18. The van der Waals surface area contributed by atoms with Gasteiger partial charge < -0.3 is 10.0 Å². The van der Waals surface area contributed by atoms with Crippen LogP contribution in [-0.2, 0) is 11.3 Å². The Bertz CT molecular complexity index is 304. The van der Waals surface area contributed by atoms with Crippen molar-refractivity contribution >= 4 is 23.2 Å². The molecule has 0 amide bonds. The predicted molar refractivity (Wildman–Crippen MR) is 45.2 cm³/mol. The van der Waals surface area contributed by atoms with E-state index < -0.39 is 12.9 Å². The molecule has 0 aromatic rings. The zero-order chi connectivity index (χ0) is 9.14. The van der Waals surface area contributed by atoms with E-state index in [4.69, 9.17) is 10.0 Å². The first-order valence-corrected chi connectivity index (χ1v) is 3.98. The molecule has 2 N–H and O–H groups in total. The predicted octanol–water partition coefficient (Wildman–Crippen LogP) is -0.433. The van der Waals surface area contributed by atoms with Crippen molar-refractivity contribution in [2.75, 3.05) is 0 Å². The van der Waals surface area contributed by atoms with Gasteiger partial charge in [0.25, 0.3) is 0 Å². The number of rotatable bonds is 1. The number of allylic oxidation sites excluding steroid dienone is 4. The lowest BCUT2D eigenvalue weighted by atomic mass is 9.76. The quantitative estimate of drug-likeness (QED) is 0.433. The Morgan fingerprint density at radius 2 is 2.25 bits per heavy atom. The lowest BCUT2D eigenvalue weighted by Gasteiger charge is -2.08. The molecule has 0 aromatic heterocycles. The fraction of sp³-hybridized carbons (Fsp3) is 0.167. The van der Waals surface area contributed by atoms with Crippen molar-refractivity contribution in [3.63, 3.8) is 0 Å². The van der Waals surface area contributed by atoms with Crippen LogP contribution in [0.1, 0.15) is 6.42 Å². The molecule has 1 rings (SSSR count). The summed E-state index contributed by atoms with van der Waals surface area (Å²) >= 11 is 0.206. The van der Waals surface area contributed by atoms with Gasteiger partial charge in [0.1, 0.15) is 5.83 Å². The summed E-state index contributed by atoms with van der Waals surface area (Å²) < 4.78 is 23.1. The van der Waals surface area contributed by atoms with Crippen LogP contribution in [0.5, 0.6) is 0 Å². The highest BCUT2D eigenvalue weighted by Gasteiger charge is 2.22. The summed E-state index contributed by atoms with van der Waals surface area (Å²) in [4.78, 5) is 0.330. The Labute approximate surface area is 72.4 Å². The van der Waals surface area contributed by atoms with Crippen LogP contribution in [0.4, 0.5) is 4.39 Å². The normalized spacial score (nSPS) is 16.8. The molecule has 0 radical (unpaired) electrons. The average molecular weight is 188 g/mol. The summed E-state index contributed by atoms with van der Waals surface area (Å²) in [6.45, 7) is 0. The average Bonchev–Trinajstić information content (AvgIpc) is 2.03. The van der Waals surface area contributed by atoms with E-state index in [-0.39, 0.29) is 23.1 Å². The minimum atomic E-state index is -1.81. The molecule has 0 aromatic carbocycles. The largest absolute Gasteiger partial charge is 0.491 e. The molecule has 0 spiro atoms. The molecule has 0 saturated carbocycles. The number of hydrogen-bond acceptors (Lipinski definition) is 3. The molecule has 0 aliphatic heterocycles. The third-order valence-corrected chi connectivity index (χ3v) is 1.97. The lowest BCUT2D eigenvalue weighted by Crippen LogP contribution is -2.18. The van der Waals surface area contributed by atoms with Gasteiger partial charge in [-0.05, 0) is 6.08 Å². The highest BCUT2D eigenvalue weighted by molar-refractivity contribution is 7.66. The van der Waals surface area contributed by atoms with Crippen LogP contribution < -0.4 is 0 Å². The molecule has 0 fully saturated rings. The summed E-state index contributed by atoms with van der Waals surface area (Å²) in [6.07, 6.45) is 2.57. The topological polar surface area (TPSA) is 57.5 Å². The standard InChI is InChI=1S/C6H6BFO3S/c8-6-3-4(12-11)1-2-5(6)7(9)10/h2-3,9-10H,1H2. The van der Waals surface area contributed by atoms with Crippen molar-refractivity contribution in [3.05, 3.63) is 23.5 Å². The Hall–Kier alpha value is -0.715. The number of halogens is 1. The van der Waals surface area contributed by atoms with Gasteiger partial charge in [-0.2, -0.15) is 0 Å². The van der Waals surface area contributed by atoms with Gasteiger partial charge in [0.15, 0.2) is 0 Å². The molecule has 1 aliphatic rings. The van der Waals surface area contributed by atoms with Gasteiger partial charge in [-0.15, -0.1) is 0 Å². The van der Waals surface area contributed by atoms with E-state index >= 15 is 0 Å². The van der Waals surface area contributed by atoms with Crippen LogP contribution in [0.25, 0.3) is 0 Å². The molecule has 1 aliphatic carbocycles. The third-order valence-electron chi connectivity index (χ3n) is 1.47. The van der Waals surface area contributed by atoms with Gasteiger partial charge >= 0.3 is 7.12 Å². The Balaban J connectivity index is 2.94. The molecular formula is C6H6BFO3S. The van der Waals surface area contributed by atoms with Crippen LogP contribution in [0, 0.1) is 0 Å². The van der Waals surface area contributed by atoms with Crippen LogP contribution in [-0.4, -0.2) is 26.2 Å². The maximum atomic E-state index is 12.8. The van der Waals surface area contributed by atoms with E-state index in [1.54, 1.807) is 0 Å². The van der Waals surface area contributed by atoms with Crippen LogP contribution in [0.2, 0.25) is 0 Å². The summed E-state index contributed by atoms with van der Waals surface area (Å²) in [5.41, 5.74) is -0.173. The van der Waals surface area contributed by atoms with E-state index in [1.807, 2.05) is 0 Å². The summed E-state index contributed by atoms with van der Waals surface area (Å²) in [5.74, 6) is -0.755. The smallest absolute Gasteiger partial charge is 0.423 e. The monoisotopic (exact) mass is 188 g/mol. The molecule has 12 heavy (non-hydrogen) atoms. The Kier molecular flexibility index (Phi) is 2.96. The molecule has 3 nitrogen and oxygen atoms in total. The molecule has 0 atom stereocenters. The van der Waals surface area contributed by atoms with Crippen molar-refractivity contribution in [1.29, 1.82) is 0 Å². The van der Waals surface area contributed by atoms with Gasteiger partial charge in [0.2, 0.25) is 0 Å². The van der Waals surface area contributed by atoms with Crippen LogP contribution in [0.3, 0.4) is 0 Å². The Morgan fingerprint density at radius 1 is 1.58 bits per heavy atom. The van der Waals surface area contributed by atoms with Gasteiger partial charge in [0.05, 0.1) is 16.1 Å². The maximum absolute atomic E-state index is 12.8. The van der Waals surface area contributed by atoms with E-state index in [0.29, 0.717) is 4.86 Å². The van der Waals surface area contributed by atoms with Crippen molar-refractivity contribution in [2.45, 2.75) is 6.42 Å². The first-order valence-electron chi connectivity index (χ1n) is 3.24. The fourth-order valence-corrected chi connectivity index (χ4v) is 1.18. The molecule has 0 bridgehead atoms. The highest BCUT2D eigenvalue weighted by atomic mass is 32.1. The maximum Gasteiger partial charge on any atom is 0.491 e. The summed E-state index contributed by atoms with van der Waals surface area (Å²) in [6, 6.07) is 0. The van der Waals surface area contributed by atoms with E-state index in [2.05, 4.69) is 0 Å². The van der Waals surface area contributed by atoms with Gasteiger partial charge in [-0.3, -0.25) is 0 Å². The van der Waals surface area contributed by atoms with Crippen LogP contribution in [0.15, 0.2) is 23.5 Å². The second-order valence-electron chi connectivity index (χ2n) is 2.28. The summed E-state index contributed by atoms with van der Waals surface area (Å²) in [7, 11) is -1.81. The zero-order valence-corrected chi connectivity index (χ0v) is 6.84. The minimum Gasteiger partial charge on any atom is -0.423 e. The van der Waals surface area contributed by atoms with Gasteiger partial charge in [0, 0.05) is 11.9 Å². The molecular weight excluding hydrogens is 182 g/mol. The SMILES string of the molecule is O=S=C1C=C(F)C(B(O)O)=CC1. The second-order valence-corrected chi connectivity index (χ2v) is 2.97. The summed E-state index contributed by atoms with van der Waals surface area (Å²) in [5, 5.41) is 17.2. The van der Waals surface area contributed by atoms with Crippen LogP contribution >= 0.6 is 0 Å².